The van der Waals surface area contributed by atoms with Crippen LogP contribution in [0.4, 0.5) is 0 Å². The highest BCUT2D eigenvalue weighted by atomic mass is 16.4. The summed E-state index contributed by atoms with van der Waals surface area (Å²) in [5, 5.41) is 9.49. The minimum Gasteiger partial charge on any atom is -0.480 e. The van der Waals surface area contributed by atoms with Crippen LogP contribution in [-0.2, 0) is 29.0 Å². The molecule has 1 heterocycles. The summed E-state index contributed by atoms with van der Waals surface area (Å²) in [5.41, 5.74) is 3.27. The maximum Gasteiger partial charge on any atom is 0.326 e. The first-order valence-electron chi connectivity index (χ1n) is 8.28. The van der Waals surface area contributed by atoms with Crippen LogP contribution in [0.1, 0.15) is 29.5 Å². The maximum atomic E-state index is 12.6. The van der Waals surface area contributed by atoms with Crippen molar-refractivity contribution < 1.29 is 14.7 Å². The lowest BCUT2D eigenvalue weighted by molar-refractivity contribution is -0.151. The number of rotatable bonds is 5. The van der Waals surface area contributed by atoms with Crippen LogP contribution in [0.5, 0.6) is 0 Å². The molecule has 0 saturated heterocycles. The number of aliphatic carboxylic acids is 1. The third-order valence-electron chi connectivity index (χ3n) is 4.55. The van der Waals surface area contributed by atoms with Crippen molar-refractivity contribution in [3.05, 3.63) is 71.3 Å². The highest BCUT2D eigenvalue weighted by Gasteiger charge is 2.33. The fourth-order valence-corrected chi connectivity index (χ4v) is 3.24. The molecule has 4 heteroatoms. The molecule has 1 aliphatic heterocycles. The molecule has 0 spiro atoms. The topological polar surface area (TPSA) is 57.6 Å². The average molecular weight is 323 g/mol. The molecule has 1 atom stereocenters. The lowest BCUT2D eigenvalue weighted by Crippen LogP contribution is -2.48. The molecule has 3 rings (SSSR count). The van der Waals surface area contributed by atoms with Gasteiger partial charge in [-0.3, -0.25) is 4.79 Å². The van der Waals surface area contributed by atoms with Gasteiger partial charge in [-0.2, -0.15) is 0 Å². The Kier molecular flexibility index (Phi) is 4.94. The van der Waals surface area contributed by atoms with Crippen molar-refractivity contribution in [2.45, 2.75) is 38.3 Å². The largest absolute Gasteiger partial charge is 0.480 e. The van der Waals surface area contributed by atoms with Gasteiger partial charge in [0.15, 0.2) is 0 Å². The second kappa shape index (κ2) is 7.30. The predicted molar refractivity (Wildman–Crippen MR) is 91.5 cm³/mol. The van der Waals surface area contributed by atoms with Crippen LogP contribution in [-0.4, -0.2) is 27.9 Å². The van der Waals surface area contributed by atoms with E-state index in [1.807, 2.05) is 54.6 Å². The lowest BCUT2D eigenvalue weighted by Gasteiger charge is -2.34. The van der Waals surface area contributed by atoms with Gasteiger partial charge in [0.05, 0.1) is 0 Å². The summed E-state index contributed by atoms with van der Waals surface area (Å²) < 4.78 is 0. The van der Waals surface area contributed by atoms with Crippen molar-refractivity contribution >= 4 is 11.9 Å². The smallest absolute Gasteiger partial charge is 0.326 e. The van der Waals surface area contributed by atoms with Crippen LogP contribution >= 0.6 is 0 Å². The molecule has 0 aromatic heterocycles. The zero-order valence-corrected chi connectivity index (χ0v) is 13.5. The number of carboxylic acids is 1. The van der Waals surface area contributed by atoms with E-state index in [4.69, 9.17) is 0 Å². The maximum absolute atomic E-state index is 12.6. The molecule has 1 N–H and O–H groups in total. The Hall–Kier alpha value is -2.62. The van der Waals surface area contributed by atoms with Gasteiger partial charge >= 0.3 is 5.97 Å². The summed E-state index contributed by atoms with van der Waals surface area (Å²) in [7, 11) is 0. The number of carboxylic acid groups (broad SMARTS) is 1. The third kappa shape index (κ3) is 3.65. The molecule has 2 aromatic carbocycles. The summed E-state index contributed by atoms with van der Waals surface area (Å²) in [4.78, 5) is 25.7. The first kappa shape index (κ1) is 16.2. The van der Waals surface area contributed by atoms with Gasteiger partial charge in [-0.05, 0) is 29.5 Å². The molecular formula is C20H21NO3. The van der Waals surface area contributed by atoms with E-state index in [1.165, 1.54) is 10.5 Å². The predicted octanol–water partition coefficient (Wildman–Crippen LogP) is 3.05. The van der Waals surface area contributed by atoms with Gasteiger partial charge in [0.1, 0.15) is 6.04 Å². The Morgan fingerprint density at radius 2 is 1.67 bits per heavy atom. The van der Waals surface area contributed by atoms with Crippen molar-refractivity contribution in [3.63, 3.8) is 0 Å². The summed E-state index contributed by atoms with van der Waals surface area (Å²) >= 11 is 0. The number of fused-ring (bicyclic) bond motifs is 1. The number of nitrogens with zero attached hydrogens (tertiary/aromatic N) is 1. The lowest BCUT2D eigenvalue weighted by atomic mass is 9.93. The van der Waals surface area contributed by atoms with Crippen molar-refractivity contribution in [1.29, 1.82) is 0 Å². The first-order valence-corrected chi connectivity index (χ1v) is 8.28. The molecule has 124 valence electrons. The van der Waals surface area contributed by atoms with Gasteiger partial charge in [-0.1, -0.05) is 54.6 Å². The van der Waals surface area contributed by atoms with E-state index in [-0.39, 0.29) is 5.91 Å². The summed E-state index contributed by atoms with van der Waals surface area (Å²) in [5.74, 6) is -1.01. The van der Waals surface area contributed by atoms with Crippen LogP contribution in [0, 0.1) is 0 Å². The van der Waals surface area contributed by atoms with Crippen molar-refractivity contribution in [2.75, 3.05) is 0 Å². The number of aryl methyl sites for hydroxylation is 1. The molecule has 1 unspecified atom stereocenters. The molecule has 0 bridgehead atoms. The molecular weight excluding hydrogens is 302 g/mol. The molecule has 24 heavy (non-hydrogen) atoms. The molecule has 0 saturated carbocycles. The number of hydrogen-bond donors (Lipinski definition) is 1. The van der Waals surface area contributed by atoms with Crippen LogP contribution in [0.3, 0.4) is 0 Å². The van der Waals surface area contributed by atoms with Crippen LogP contribution < -0.4 is 0 Å². The van der Waals surface area contributed by atoms with Gasteiger partial charge in [-0.15, -0.1) is 0 Å². The van der Waals surface area contributed by atoms with Gasteiger partial charge in [0.25, 0.3) is 0 Å². The number of carbonyl (C=O) groups excluding carboxylic acids is 1. The minimum absolute atomic E-state index is 0.0761. The monoisotopic (exact) mass is 323 g/mol. The fourth-order valence-electron chi connectivity index (χ4n) is 3.24. The second-order valence-corrected chi connectivity index (χ2v) is 6.19. The fraction of sp³-hybridized carbons (Fsp3) is 0.300. The highest BCUT2D eigenvalue weighted by molar-refractivity contribution is 5.84. The Labute approximate surface area is 141 Å². The van der Waals surface area contributed by atoms with Gasteiger partial charge in [-0.25, -0.2) is 4.79 Å². The normalized spacial score (nSPS) is 16.5. The standard InChI is InChI=1S/C20H21NO3/c22-19(12-6-9-15-7-2-1-3-8-15)21-14-17-11-5-4-10-16(17)13-18(21)20(23)24/h1-5,7-8,10-11,18H,6,9,12-14H2,(H,23,24). The Morgan fingerprint density at radius 1 is 1.00 bits per heavy atom. The molecule has 4 nitrogen and oxygen atoms in total. The number of hydrogen-bond acceptors (Lipinski definition) is 2. The van der Waals surface area contributed by atoms with Crippen LogP contribution in [0.2, 0.25) is 0 Å². The second-order valence-electron chi connectivity index (χ2n) is 6.19. The minimum atomic E-state index is -0.930. The van der Waals surface area contributed by atoms with Crippen LogP contribution in [0.25, 0.3) is 0 Å². The van der Waals surface area contributed by atoms with Gasteiger partial charge in [0.2, 0.25) is 5.91 Å². The molecule has 2 aromatic rings. The Bertz CT molecular complexity index is 727. The summed E-state index contributed by atoms with van der Waals surface area (Å²) in [6, 6.07) is 17.0. The number of carbonyl (C=O) groups is 2. The van der Waals surface area contributed by atoms with E-state index in [1.54, 1.807) is 0 Å². The van der Waals surface area contributed by atoms with Crippen molar-refractivity contribution in [1.82, 2.24) is 4.90 Å². The summed E-state index contributed by atoms with van der Waals surface area (Å²) in [6.07, 6.45) is 2.32. The van der Waals surface area contributed by atoms with E-state index in [0.29, 0.717) is 19.4 Å². The average Bonchev–Trinajstić information content (AvgIpc) is 2.61. The quantitative estimate of drug-likeness (QED) is 0.920. The highest BCUT2D eigenvalue weighted by Crippen LogP contribution is 2.24. The van der Waals surface area contributed by atoms with Gasteiger partial charge in [0, 0.05) is 19.4 Å². The molecule has 1 amide bonds. The molecule has 1 aliphatic rings. The SMILES string of the molecule is O=C(O)C1Cc2ccccc2CN1C(=O)CCCc1ccccc1. The molecule has 0 aliphatic carbocycles. The zero-order chi connectivity index (χ0) is 16.9. The van der Waals surface area contributed by atoms with E-state index >= 15 is 0 Å². The molecule has 0 radical (unpaired) electrons. The molecule has 0 fully saturated rings. The summed E-state index contributed by atoms with van der Waals surface area (Å²) in [6.45, 7) is 0.386. The van der Waals surface area contributed by atoms with Crippen LogP contribution in [0.15, 0.2) is 54.6 Å². The third-order valence-corrected chi connectivity index (χ3v) is 4.55. The Morgan fingerprint density at radius 3 is 2.38 bits per heavy atom. The van der Waals surface area contributed by atoms with Crippen molar-refractivity contribution in [2.24, 2.45) is 0 Å². The van der Waals surface area contributed by atoms with E-state index < -0.39 is 12.0 Å². The Balaban J connectivity index is 1.65. The van der Waals surface area contributed by atoms with E-state index in [9.17, 15) is 14.7 Å². The first-order chi connectivity index (χ1) is 11.6. The van der Waals surface area contributed by atoms with E-state index in [0.717, 1.165) is 24.0 Å². The van der Waals surface area contributed by atoms with Crippen molar-refractivity contribution in [3.8, 4) is 0 Å². The van der Waals surface area contributed by atoms with E-state index in [2.05, 4.69) is 0 Å². The number of benzene rings is 2. The zero-order valence-electron chi connectivity index (χ0n) is 13.5. The number of amides is 1. The van der Waals surface area contributed by atoms with Gasteiger partial charge < -0.3 is 10.0 Å².